The minimum atomic E-state index is -0.359. The molecule has 7 heteroatoms. The van der Waals surface area contributed by atoms with E-state index in [0.717, 1.165) is 0 Å². The van der Waals surface area contributed by atoms with E-state index < -0.39 is 0 Å². The van der Waals surface area contributed by atoms with Gasteiger partial charge in [-0.25, -0.2) is 4.39 Å². The molecule has 0 spiro atoms. The van der Waals surface area contributed by atoms with Crippen molar-refractivity contribution in [2.24, 2.45) is 0 Å². The Bertz CT molecular complexity index is 940. The highest BCUT2D eigenvalue weighted by Crippen LogP contribution is 2.19. The van der Waals surface area contributed by atoms with E-state index in [1.54, 1.807) is 29.2 Å². The van der Waals surface area contributed by atoms with Gasteiger partial charge in [-0.3, -0.25) is 9.59 Å². The van der Waals surface area contributed by atoms with Gasteiger partial charge in [-0.1, -0.05) is 6.07 Å². The Morgan fingerprint density at radius 2 is 2.00 bits per heavy atom. The molecule has 6 nitrogen and oxygen atoms in total. The summed E-state index contributed by atoms with van der Waals surface area (Å²) in [5.74, 6) is -0.433. The summed E-state index contributed by atoms with van der Waals surface area (Å²) in [6, 6.07) is 9.52. The van der Waals surface area contributed by atoms with Crippen molar-refractivity contribution in [1.82, 2.24) is 15.2 Å². The summed E-state index contributed by atoms with van der Waals surface area (Å²) in [4.78, 5) is 29.3. The number of amides is 2. The second kappa shape index (κ2) is 6.67. The van der Waals surface area contributed by atoms with Gasteiger partial charge in [0.15, 0.2) is 5.76 Å². The monoisotopic (exact) mass is 355 g/mol. The van der Waals surface area contributed by atoms with Gasteiger partial charge in [0.25, 0.3) is 11.8 Å². The predicted octanol–water partition coefficient (Wildman–Crippen LogP) is 2.93. The number of halogens is 1. The second-order valence-electron chi connectivity index (χ2n) is 6.40. The fourth-order valence-electron chi connectivity index (χ4n) is 3.29. The van der Waals surface area contributed by atoms with E-state index in [9.17, 15) is 14.0 Å². The van der Waals surface area contributed by atoms with Crippen molar-refractivity contribution < 1.29 is 18.4 Å². The molecule has 0 aliphatic carbocycles. The Hall–Kier alpha value is -3.09. The zero-order valence-corrected chi connectivity index (χ0v) is 14.0. The Labute approximate surface area is 149 Å². The number of aromatic nitrogens is 1. The number of rotatable bonds is 3. The van der Waals surface area contributed by atoms with Gasteiger partial charge in [0, 0.05) is 30.0 Å². The highest BCUT2D eigenvalue weighted by atomic mass is 19.1. The van der Waals surface area contributed by atoms with Gasteiger partial charge < -0.3 is 19.6 Å². The third kappa shape index (κ3) is 3.08. The molecule has 4 rings (SSSR count). The number of hydrogen-bond donors (Lipinski definition) is 2. The molecule has 3 aromatic rings. The maximum atomic E-state index is 13.8. The van der Waals surface area contributed by atoms with Crippen LogP contribution in [-0.4, -0.2) is 40.8 Å². The van der Waals surface area contributed by atoms with Crippen molar-refractivity contribution in [3.8, 4) is 0 Å². The average Bonchev–Trinajstić information content (AvgIpc) is 3.32. The normalized spacial score (nSPS) is 15.3. The minimum absolute atomic E-state index is 0.0283. The number of carbonyl (C=O) groups excluding carboxylic acids is 2. The zero-order chi connectivity index (χ0) is 18.1. The summed E-state index contributed by atoms with van der Waals surface area (Å²) in [6.07, 6.45) is 2.79. The molecule has 3 heterocycles. The molecule has 2 N–H and O–H groups in total. The Balaban J connectivity index is 1.37. The van der Waals surface area contributed by atoms with Crippen LogP contribution < -0.4 is 5.32 Å². The van der Waals surface area contributed by atoms with Crippen LogP contribution in [0, 0.1) is 5.82 Å². The van der Waals surface area contributed by atoms with Crippen LogP contribution in [0.15, 0.2) is 47.1 Å². The van der Waals surface area contributed by atoms with Gasteiger partial charge in [-0.2, -0.15) is 0 Å². The number of aromatic amines is 1. The van der Waals surface area contributed by atoms with Crippen molar-refractivity contribution in [2.45, 2.75) is 18.9 Å². The topological polar surface area (TPSA) is 78.3 Å². The number of likely N-dealkylation sites (tertiary alicyclic amines) is 1. The van der Waals surface area contributed by atoms with Crippen molar-refractivity contribution in [3.05, 3.63) is 59.9 Å². The summed E-state index contributed by atoms with van der Waals surface area (Å²) in [5.41, 5.74) is 0.924. The van der Waals surface area contributed by atoms with Gasteiger partial charge in [0.2, 0.25) is 0 Å². The van der Waals surface area contributed by atoms with Crippen molar-refractivity contribution in [2.75, 3.05) is 13.1 Å². The lowest BCUT2D eigenvalue weighted by Crippen LogP contribution is -2.46. The van der Waals surface area contributed by atoms with E-state index in [1.807, 2.05) is 0 Å². The quantitative estimate of drug-likeness (QED) is 0.758. The minimum Gasteiger partial charge on any atom is -0.459 e. The number of nitrogens with one attached hydrogen (secondary N) is 2. The lowest BCUT2D eigenvalue weighted by Gasteiger charge is -2.31. The van der Waals surface area contributed by atoms with E-state index >= 15 is 0 Å². The van der Waals surface area contributed by atoms with E-state index in [0.29, 0.717) is 48.3 Å². The van der Waals surface area contributed by atoms with Crippen LogP contribution in [0.2, 0.25) is 0 Å². The largest absolute Gasteiger partial charge is 0.459 e. The lowest BCUT2D eigenvalue weighted by molar-refractivity contribution is 0.0667. The second-order valence-corrected chi connectivity index (χ2v) is 6.40. The van der Waals surface area contributed by atoms with Crippen molar-refractivity contribution in [1.29, 1.82) is 0 Å². The summed E-state index contributed by atoms with van der Waals surface area (Å²) >= 11 is 0. The summed E-state index contributed by atoms with van der Waals surface area (Å²) < 4.78 is 18.9. The third-order valence-corrected chi connectivity index (χ3v) is 4.70. The Morgan fingerprint density at radius 3 is 2.69 bits per heavy atom. The van der Waals surface area contributed by atoms with Gasteiger partial charge in [0.1, 0.15) is 11.5 Å². The van der Waals surface area contributed by atoms with Gasteiger partial charge in [-0.05, 0) is 43.2 Å². The molecule has 26 heavy (non-hydrogen) atoms. The van der Waals surface area contributed by atoms with Gasteiger partial charge in [-0.15, -0.1) is 0 Å². The maximum Gasteiger partial charge on any atom is 0.289 e. The van der Waals surface area contributed by atoms with Crippen LogP contribution in [0.5, 0.6) is 0 Å². The Morgan fingerprint density at radius 1 is 1.19 bits per heavy atom. The number of hydrogen-bond acceptors (Lipinski definition) is 3. The molecule has 1 fully saturated rings. The third-order valence-electron chi connectivity index (χ3n) is 4.70. The highest BCUT2D eigenvalue weighted by molar-refractivity contribution is 5.98. The Kier molecular flexibility index (Phi) is 4.20. The molecule has 0 atom stereocenters. The van der Waals surface area contributed by atoms with Gasteiger partial charge in [0.05, 0.1) is 6.26 Å². The van der Waals surface area contributed by atoms with Crippen LogP contribution in [0.25, 0.3) is 10.9 Å². The van der Waals surface area contributed by atoms with Crippen LogP contribution in [0.4, 0.5) is 4.39 Å². The highest BCUT2D eigenvalue weighted by Gasteiger charge is 2.26. The van der Waals surface area contributed by atoms with Crippen LogP contribution in [0.1, 0.15) is 33.9 Å². The molecule has 2 aromatic heterocycles. The fourth-order valence-corrected chi connectivity index (χ4v) is 3.29. The van der Waals surface area contributed by atoms with Crippen molar-refractivity contribution in [3.63, 3.8) is 0 Å². The predicted molar refractivity (Wildman–Crippen MR) is 93.4 cm³/mol. The van der Waals surface area contributed by atoms with Crippen molar-refractivity contribution >= 4 is 22.7 Å². The molecular formula is C19H18FN3O3. The number of furan rings is 1. The summed E-state index contributed by atoms with van der Waals surface area (Å²) in [6.45, 7) is 1.09. The first kappa shape index (κ1) is 16.4. The van der Waals surface area contributed by atoms with Crippen LogP contribution >= 0.6 is 0 Å². The number of H-pyrrole nitrogens is 1. The number of benzene rings is 1. The van der Waals surface area contributed by atoms with E-state index in [2.05, 4.69) is 10.3 Å². The summed E-state index contributed by atoms with van der Waals surface area (Å²) in [5, 5.41) is 3.36. The number of fused-ring (bicyclic) bond motifs is 1. The molecule has 0 bridgehead atoms. The van der Waals surface area contributed by atoms with Gasteiger partial charge >= 0.3 is 0 Å². The fraction of sp³-hybridized carbons (Fsp3) is 0.263. The molecule has 0 unspecified atom stereocenters. The summed E-state index contributed by atoms with van der Waals surface area (Å²) in [7, 11) is 0. The number of carbonyl (C=O) groups is 2. The lowest BCUT2D eigenvalue weighted by atomic mass is 10.0. The molecule has 1 aliphatic rings. The molecule has 0 saturated carbocycles. The molecule has 1 aliphatic heterocycles. The number of piperidine rings is 1. The standard InChI is InChI=1S/C19H18FN3O3/c20-14-3-1-4-15-13(14)11-16(22-15)18(24)21-12-6-8-23(9-7-12)19(25)17-5-2-10-26-17/h1-5,10-12,22H,6-9H2,(H,21,24). The molecule has 1 aromatic carbocycles. The first-order valence-corrected chi connectivity index (χ1v) is 8.52. The average molecular weight is 355 g/mol. The molecule has 2 amide bonds. The molecular weight excluding hydrogens is 337 g/mol. The SMILES string of the molecule is O=C(NC1CCN(C(=O)c2ccco2)CC1)c1cc2c(F)cccc2[nH]1. The first-order valence-electron chi connectivity index (χ1n) is 8.52. The van der Waals surface area contributed by atoms with E-state index in [4.69, 9.17) is 4.42 Å². The van der Waals surface area contributed by atoms with Crippen LogP contribution in [0.3, 0.4) is 0 Å². The van der Waals surface area contributed by atoms with Crippen LogP contribution in [-0.2, 0) is 0 Å². The van der Waals surface area contributed by atoms with E-state index in [1.165, 1.54) is 18.4 Å². The molecule has 1 saturated heterocycles. The smallest absolute Gasteiger partial charge is 0.289 e. The molecule has 134 valence electrons. The zero-order valence-electron chi connectivity index (χ0n) is 14.0. The first-order chi connectivity index (χ1) is 12.6. The number of nitrogens with zero attached hydrogens (tertiary/aromatic N) is 1. The molecule has 0 radical (unpaired) electrons. The maximum absolute atomic E-state index is 13.8. The van der Waals surface area contributed by atoms with E-state index in [-0.39, 0.29) is 23.7 Å².